The van der Waals surface area contributed by atoms with E-state index < -0.39 is 0 Å². The largest absolute Gasteiger partial charge is 0.381 e. The molecule has 3 aliphatic rings. The highest BCUT2D eigenvalue weighted by atomic mass is 16.5. The molecule has 0 radical (unpaired) electrons. The summed E-state index contributed by atoms with van der Waals surface area (Å²) in [5.74, 6) is 0. The Bertz CT molecular complexity index is 274. The summed E-state index contributed by atoms with van der Waals surface area (Å²) in [6, 6.07) is 2.43. The van der Waals surface area contributed by atoms with E-state index in [-0.39, 0.29) is 0 Å². The van der Waals surface area contributed by atoms with E-state index in [0.717, 1.165) is 37.9 Å². The Labute approximate surface area is 111 Å². The molecular weight excluding hydrogens is 224 g/mol. The van der Waals surface area contributed by atoms with Crippen molar-refractivity contribution in [3.8, 4) is 0 Å². The van der Waals surface area contributed by atoms with Crippen LogP contribution in [0.15, 0.2) is 0 Å². The molecule has 3 heteroatoms. The first-order chi connectivity index (χ1) is 8.73. The van der Waals surface area contributed by atoms with Gasteiger partial charge in [-0.1, -0.05) is 6.92 Å². The Balaban J connectivity index is 1.71. The quantitative estimate of drug-likeness (QED) is 0.833. The minimum atomic E-state index is 0.418. The molecule has 3 heterocycles. The van der Waals surface area contributed by atoms with E-state index in [1.165, 1.54) is 38.5 Å². The Morgan fingerprint density at radius 2 is 1.78 bits per heavy atom. The molecule has 104 valence electrons. The maximum absolute atomic E-state index is 5.57. The zero-order valence-electron chi connectivity index (χ0n) is 12.0. The summed E-state index contributed by atoms with van der Waals surface area (Å²) in [6.07, 6.45) is 8.02. The molecule has 0 amide bonds. The van der Waals surface area contributed by atoms with Gasteiger partial charge in [-0.25, -0.2) is 0 Å². The van der Waals surface area contributed by atoms with E-state index in [0.29, 0.717) is 5.54 Å². The summed E-state index contributed by atoms with van der Waals surface area (Å²) in [6.45, 7) is 7.75. The zero-order chi connectivity index (χ0) is 12.6. The molecule has 0 aliphatic carbocycles. The summed E-state index contributed by atoms with van der Waals surface area (Å²) in [5, 5.41) is 3.67. The molecule has 3 saturated heterocycles. The number of hydrogen-bond acceptors (Lipinski definition) is 3. The van der Waals surface area contributed by atoms with Crippen LogP contribution in [0, 0.1) is 0 Å². The normalized spacial score (nSPS) is 40.0. The Hall–Kier alpha value is -0.120. The minimum Gasteiger partial charge on any atom is -0.381 e. The second kappa shape index (κ2) is 5.10. The zero-order valence-corrected chi connectivity index (χ0v) is 12.0. The van der Waals surface area contributed by atoms with Crippen molar-refractivity contribution in [3.05, 3.63) is 0 Å². The van der Waals surface area contributed by atoms with Gasteiger partial charge in [0, 0.05) is 36.9 Å². The van der Waals surface area contributed by atoms with Crippen molar-refractivity contribution in [1.29, 1.82) is 0 Å². The predicted molar refractivity (Wildman–Crippen MR) is 73.8 cm³/mol. The fraction of sp³-hybridized carbons (Fsp3) is 1.00. The lowest BCUT2D eigenvalue weighted by molar-refractivity contribution is -0.0588. The van der Waals surface area contributed by atoms with Crippen LogP contribution in [0.2, 0.25) is 0 Å². The molecule has 18 heavy (non-hydrogen) atoms. The summed E-state index contributed by atoms with van der Waals surface area (Å²) in [4.78, 5) is 2.89. The van der Waals surface area contributed by atoms with E-state index in [2.05, 4.69) is 24.1 Å². The highest BCUT2D eigenvalue weighted by Crippen LogP contribution is 2.43. The van der Waals surface area contributed by atoms with Crippen LogP contribution < -0.4 is 5.32 Å². The van der Waals surface area contributed by atoms with Crippen molar-refractivity contribution in [2.24, 2.45) is 0 Å². The van der Waals surface area contributed by atoms with Gasteiger partial charge in [-0.15, -0.1) is 0 Å². The SMILES string of the molecule is CCNC1CC2CCC(C1)N2C1(C)CCOCC1. The van der Waals surface area contributed by atoms with Crippen LogP contribution in [0.25, 0.3) is 0 Å². The van der Waals surface area contributed by atoms with Gasteiger partial charge in [0.05, 0.1) is 0 Å². The molecule has 2 atom stereocenters. The van der Waals surface area contributed by atoms with E-state index in [1.807, 2.05) is 0 Å². The molecule has 2 unspecified atom stereocenters. The van der Waals surface area contributed by atoms with Crippen LogP contribution in [0.3, 0.4) is 0 Å². The number of nitrogens with one attached hydrogen (secondary N) is 1. The highest BCUT2D eigenvalue weighted by Gasteiger charge is 2.48. The van der Waals surface area contributed by atoms with Gasteiger partial charge >= 0.3 is 0 Å². The molecule has 0 saturated carbocycles. The van der Waals surface area contributed by atoms with Crippen molar-refractivity contribution >= 4 is 0 Å². The second-order valence-electron chi connectivity index (χ2n) is 6.63. The van der Waals surface area contributed by atoms with Gasteiger partial charge in [-0.2, -0.15) is 0 Å². The van der Waals surface area contributed by atoms with Crippen LogP contribution >= 0.6 is 0 Å². The average Bonchev–Trinajstić information content (AvgIpc) is 2.64. The van der Waals surface area contributed by atoms with Crippen molar-refractivity contribution in [2.75, 3.05) is 19.8 Å². The molecule has 0 spiro atoms. The van der Waals surface area contributed by atoms with E-state index in [9.17, 15) is 0 Å². The summed E-state index contributed by atoms with van der Waals surface area (Å²) in [7, 11) is 0. The molecule has 0 aromatic carbocycles. The third-order valence-corrected chi connectivity index (χ3v) is 5.42. The van der Waals surface area contributed by atoms with Crippen LogP contribution in [-0.4, -0.2) is 48.3 Å². The Morgan fingerprint density at radius 1 is 1.17 bits per heavy atom. The van der Waals surface area contributed by atoms with Gasteiger partial charge in [-0.05, 0) is 52.0 Å². The van der Waals surface area contributed by atoms with Gasteiger partial charge in [0.15, 0.2) is 0 Å². The molecule has 0 aromatic heterocycles. The van der Waals surface area contributed by atoms with Crippen molar-refractivity contribution in [3.63, 3.8) is 0 Å². The third-order valence-electron chi connectivity index (χ3n) is 5.42. The van der Waals surface area contributed by atoms with Crippen LogP contribution in [-0.2, 0) is 4.74 Å². The molecule has 3 rings (SSSR count). The van der Waals surface area contributed by atoms with Gasteiger partial charge in [0.2, 0.25) is 0 Å². The smallest absolute Gasteiger partial charge is 0.0483 e. The lowest BCUT2D eigenvalue weighted by atomic mass is 9.84. The van der Waals surface area contributed by atoms with E-state index in [4.69, 9.17) is 4.74 Å². The maximum Gasteiger partial charge on any atom is 0.0483 e. The lowest BCUT2D eigenvalue weighted by Crippen LogP contribution is -2.60. The first-order valence-corrected chi connectivity index (χ1v) is 7.82. The maximum atomic E-state index is 5.57. The van der Waals surface area contributed by atoms with Gasteiger partial charge in [-0.3, -0.25) is 4.90 Å². The Morgan fingerprint density at radius 3 is 2.33 bits per heavy atom. The number of rotatable bonds is 3. The van der Waals surface area contributed by atoms with Crippen molar-refractivity contribution in [2.45, 2.75) is 76.0 Å². The van der Waals surface area contributed by atoms with Crippen molar-refractivity contribution < 1.29 is 4.74 Å². The van der Waals surface area contributed by atoms with Crippen LogP contribution in [0.1, 0.15) is 52.4 Å². The topological polar surface area (TPSA) is 24.5 Å². The fourth-order valence-corrected chi connectivity index (χ4v) is 4.58. The summed E-state index contributed by atoms with van der Waals surface area (Å²) in [5.41, 5.74) is 0.418. The first-order valence-electron chi connectivity index (χ1n) is 7.82. The summed E-state index contributed by atoms with van der Waals surface area (Å²) >= 11 is 0. The van der Waals surface area contributed by atoms with E-state index >= 15 is 0 Å². The first kappa shape index (κ1) is 12.9. The Kier molecular flexibility index (Phi) is 3.65. The van der Waals surface area contributed by atoms with E-state index in [1.54, 1.807) is 0 Å². The number of nitrogens with zero attached hydrogens (tertiary/aromatic N) is 1. The second-order valence-corrected chi connectivity index (χ2v) is 6.63. The number of fused-ring (bicyclic) bond motifs is 2. The molecule has 3 aliphatic heterocycles. The predicted octanol–water partition coefficient (Wildman–Crippen LogP) is 2.16. The molecule has 2 bridgehead atoms. The van der Waals surface area contributed by atoms with Gasteiger partial charge < -0.3 is 10.1 Å². The highest BCUT2D eigenvalue weighted by molar-refractivity contribution is 5.04. The fourth-order valence-electron chi connectivity index (χ4n) is 4.58. The summed E-state index contributed by atoms with van der Waals surface area (Å²) < 4.78 is 5.57. The third kappa shape index (κ3) is 2.21. The lowest BCUT2D eigenvalue weighted by Gasteiger charge is -2.51. The molecule has 1 N–H and O–H groups in total. The molecule has 0 aromatic rings. The molecule has 3 nitrogen and oxygen atoms in total. The minimum absolute atomic E-state index is 0.418. The monoisotopic (exact) mass is 252 g/mol. The molecular formula is C15H28N2O. The number of piperidine rings is 1. The number of ether oxygens (including phenoxy) is 1. The van der Waals surface area contributed by atoms with Gasteiger partial charge in [0.25, 0.3) is 0 Å². The van der Waals surface area contributed by atoms with Crippen LogP contribution in [0.5, 0.6) is 0 Å². The molecule has 3 fully saturated rings. The number of hydrogen-bond donors (Lipinski definition) is 1. The standard InChI is InChI=1S/C15H28N2O/c1-3-16-12-10-13-4-5-14(11-12)17(13)15(2)6-8-18-9-7-15/h12-14,16H,3-11H2,1-2H3. The van der Waals surface area contributed by atoms with Crippen LogP contribution in [0.4, 0.5) is 0 Å². The van der Waals surface area contributed by atoms with Crippen molar-refractivity contribution in [1.82, 2.24) is 10.2 Å². The van der Waals surface area contributed by atoms with Gasteiger partial charge in [0.1, 0.15) is 0 Å². The average molecular weight is 252 g/mol.